The van der Waals surface area contributed by atoms with E-state index in [1.54, 1.807) is 53.1 Å². The standard InChI is InChI=1S/C23H17FN4O3/c24-18-5-2-1-4-16(18)20-10-8-15(31-20)13-25-27-22(29)14-7-9-17-19(12-14)26-21-6-3-11-28(21)23(17)30/h1-2,4-5,7-10,12-13H,3,6,11H2,(H,27,29)/b25-13-. The molecule has 1 amide bonds. The van der Waals surface area contributed by atoms with Gasteiger partial charge in [0.25, 0.3) is 11.5 Å². The van der Waals surface area contributed by atoms with E-state index in [9.17, 15) is 14.0 Å². The fraction of sp³-hybridized carbons (Fsp3) is 0.130. The van der Waals surface area contributed by atoms with Crippen LogP contribution in [0.4, 0.5) is 4.39 Å². The number of carbonyl (C=O) groups excluding carboxylic acids is 1. The fourth-order valence-electron chi connectivity index (χ4n) is 3.67. The lowest BCUT2D eigenvalue weighted by Gasteiger charge is -2.06. The number of nitrogens with one attached hydrogen (secondary N) is 1. The molecule has 0 aliphatic carbocycles. The second-order valence-corrected chi connectivity index (χ2v) is 7.20. The molecule has 0 radical (unpaired) electrons. The van der Waals surface area contributed by atoms with Gasteiger partial charge in [-0.25, -0.2) is 14.8 Å². The minimum atomic E-state index is -0.443. The molecule has 0 unspecified atom stereocenters. The highest BCUT2D eigenvalue weighted by molar-refractivity contribution is 5.98. The average molecular weight is 416 g/mol. The number of hydrogen-bond donors (Lipinski definition) is 1. The highest BCUT2D eigenvalue weighted by Crippen LogP contribution is 2.24. The molecule has 7 nitrogen and oxygen atoms in total. The molecule has 1 aliphatic rings. The summed E-state index contributed by atoms with van der Waals surface area (Å²) in [4.78, 5) is 29.5. The Morgan fingerprint density at radius 1 is 1.19 bits per heavy atom. The molecular weight excluding hydrogens is 399 g/mol. The summed E-state index contributed by atoms with van der Waals surface area (Å²) < 4.78 is 21.1. The van der Waals surface area contributed by atoms with Gasteiger partial charge in [-0.2, -0.15) is 5.10 Å². The van der Waals surface area contributed by atoms with Crippen LogP contribution in [-0.2, 0) is 13.0 Å². The van der Waals surface area contributed by atoms with Crippen LogP contribution in [0.2, 0.25) is 0 Å². The molecule has 0 atom stereocenters. The zero-order chi connectivity index (χ0) is 21.4. The summed E-state index contributed by atoms with van der Waals surface area (Å²) in [7, 11) is 0. The van der Waals surface area contributed by atoms with E-state index in [2.05, 4.69) is 15.5 Å². The van der Waals surface area contributed by atoms with Gasteiger partial charge in [-0.15, -0.1) is 0 Å². The second-order valence-electron chi connectivity index (χ2n) is 7.20. The third-order valence-electron chi connectivity index (χ3n) is 5.20. The normalized spacial score (nSPS) is 13.1. The smallest absolute Gasteiger partial charge is 0.271 e. The maximum Gasteiger partial charge on any atom is 0.271 e. The Kier molecular flexibility index (Phi) is 4.66. The Balaban J connectivity index is 1.32. The Morgan fingerprint density at radius 3 is 2.94 bits per heavy atom. The summed E-state index contributed by atoms with van der Waals surface area (Å²) >= 11 is 0. The lowest BCUT2D eigenvalue weighted by molar-refractivity contribution is 0.0955. The number of rotatable bonds is 4. The van der Waals surface area contributed by atoms with Gasteiger partial charge >= 0.3 is 0 Å². The number of amides is 1. The molecule has 0 bridgehead atoms. The van der Waals surface area contributed by atoms with Crippen molar-refractivity contribution in [2.24, 2.45) is 5.10 Å². The minimum absolute atomic E-state index is 0.0778. The van der Waals surface area contributed by atoms with Crippen LogP contribution in [0.5, 0.6) is 0 Å². The van der Waals surface area contributed by atoms with E-state index in [-0.39, 0.29) is 11.4 Å². The van der Waals surface area contributed by atoms with Crippen molar-refractivity contribution in [3.05, 3.63) is 87.9 Å². The quantitative estimate of drug-likeness (QED) is 0.407. The van der Waals surface area contributed by atoms with Gasteiger partial charge in [0.05, 0.1) is 22.7 Å². The third-order valence-corrected chi connectivity index (χ3v) is 5.20. The molecule has 8 heteroatoms. The first kappa shape index (κ1) is 18.9. The SMILES string of the molecule is O=C(N/N=C\c1ccc(-c2ccccc2F)o1)c1ccc2c(=O)n3c(nc2c1)CCC3. The fourth-order valence-corrected chi connectivity index (χ4v) is 3.67. The average Bonchev–Trinajstić information content (AvgIpc) is 3.43. The van der Waals surface area contributed by atoms with Crippen molar-refractivity contribution < 1.29 is 13.6 Å². The van der Waals surface area contributed by atoms with E-state index in [4.69, 9.17) is 4.42 Å². The van der Waals surface area contributed by atoms with Gasteiger partial charge in [0, 0.05) is 18.5 Å². The van der Waals surface area contributed by atoms with E-state index >= 15 is 0 Å². The molecule has 4 aromatic rings. The van der Waals surface area contributed by atoms with Crippen molar-refractivity contribution in [1.29, 1.82) is 0 Å². The monoisotopic (exact) mass is 416 g/mol. The molecule has 1 N–H and O–H groups in total. The lowest BCUT2D eigenvalue weighted by atomic mass is 10.1. The van der Waals surface area contributed by atoms with Crippen LogP contribution >= 0.6 is 0 Å². The number of furan rings is 1. The number of aromatic nitrogens is 2. The molecule has 31 heavy (non-hydrogen) atoms. The van der Waals surface area contributed by atoms with Crippen LogP contribution < -0.4 is 11.0 Å². The minimum Gasteiger partial charge on any atom is -0.455 e. The number of fused-ring (bicyclic) bond motifs is 2. The topological polar surface area (TPSA) is 89.5 Å². The second kappa shape index (κ2) is 7.64. The molecule has 3 heterocycles. The van der Waals surface area contributed by atoms with E-state index in [0.29, 0.717) is 40.1 Å². The molecular formula is C23H17FN4O3. The summed E-state index contributed by atoms with van der Waals surface area (Å²) in [6.07, 6.45) is 2.98. The predicted molar refractivity (Wildman–Crippen MR) is 113 cm³/mol. The number of halogens is 1. The predicted octanol–water partition coefficient (Wildman–Crippen LogP) is 3.51. The zero-order valence-electron chi connectivity index (χ0n) is 16.3. The van der Waals surface area contributed by atoms with Crippen molar-refractivity contribution in [3.63, 3.8) is 0 Å². The number of carbonyl (C=O) groups is 1. The first-order valence-corrected chi connectivity index (χ1v) is 9.82. The Labute approximate surface area is 175 Å². The number of benzene rings is 2. The van der Waals surface area contributed by atoms with Gasteiger partial charge in [-0.1, -0.05) is 12.1 Å². The number of hydrazone groups is 1. The summed E-state index contributed by atoms with van der Waals surface area (Å²) in [5.41, 5.74) is 3.53. The van der Waals surface area contributed by atoms with Crippen LogP contribution in [0, 0.1) is 5.82 Å². The zero-order valence-corrected chi connectivity index (χ0v) is 16.3. The van der Waals surface area contributed by atoms with Crippen molar-refractivity contribution in [3.8, 4) is 11.3 Å². The van der Waals surface area contributed by atoms with Crippen LogP contribution in [0.1, 0.15) is 28.4 Å². The van der Waals surface area contributed by atoms with Gasteiger partial charge in [0.1, 0.15) is 23.2 Å². The van der Waals surface area contributed by atoms with Gasteiger partial charge in [-0.3, -0.25) is 14.2 Å². The third kappa shape index (κ3) is 3.52. The first-order chi connectivity index (χ1) is 15.1. The number of nitrogens with zero attached hydrogens (tertiary/aromatic N) is 3. The highest BCUT2D eigenvalue weighted by atomic mass is 19.1. The summed E-state index contributed by atoms with van der Waals surface area (Å²) in [5.74, 6) is 0.648. The van der Waals surface area contributed by atoms with Crippen molar-refractivity contribution >= 4 is 23.0 Å². The molecule has 0 spiro atoms. The Hall–Kier alpha value is -4.07. The maximum atomic E-state index is 13.9. The molecule has 5 rings (SSSR count). The molecule has 2 aromatic heterocycles. The highest BCUT2D eigenvalue weighted by Gasteiger charge is 2.17. The van der Waals surface area contributed by atoms with Gasteiger partial charge in [-0.05, 0) is 48.9 Å². The molecule has 0 fully saturated rings. The Morgan fingerprint density at radius 2 is 2.06 bits per heavy atom. The van der Waals surface area contributed by atoms with Crippen LogP contribution in [-0.4, -0.2) is 21.7 Å². The van der Waals surface area contributed by atoms with Gasteiger partial charge in [0.15, 0.2) is 0 Å². The van der Waals surface area contributed by atoms with Gasteiger partial charge < -0.3 is 4.42 Å². The van der Waals surface area contributed by atoms with E-state index in [1.165, 1.54) is 12.3 Å². The van der Waals surface area contributed by atoms with E-state index < -0.39 is 5.91 Å². The van der Waals surface area contributed by atoms with E-state index in [1.807, 2.05) is 0 Å². The van der Waals surface area contributed by atoms with Gasteiger partial charge in [0.2, 0.25) is 0 Å². The molecule has 154 valence electrons. The molecule has 1 aliphatic heterocycles. The van der Waals surface area contributed by atoms with Crippen molar-refractivity contribution in [2.75, 3.05) is 0 Å². The number of aryl methyl sites for hydroxylation is 1. The lowest BCUT2D eigenvalue weighted by Crippen LogP contribution is -2.22. The summed E-state index contributed by atoms with van der Waals surface area (Å²) in [5, 5.41) is 4.39. The van der Waals surface area contributed by atoms with Crippen LogP contribution in [0.3, 0.4) is 0 Å². The molecule has 0 saturated carbocycles. The summed E-state index contributed by atoms with van der Waals surface area (Å²) in [6, 6.07) is 14.3. The largest absolute Gasteiger partial charge is 0.455 e. The maximum absolute atomic E-state index is 13.9. The summed E-state index contributed by atoms with van der Waals surface area (Å²) in [6.45, 7) is 0.680. The van der Waals surface area contributed by atoms with Crippen LogP contribution in [0.25, 0.3) is 22.2 Å². The van der Waals surface area contributed by atoms with Crippen molar-refractivity contribution in [2.45, 2.75) is 19.4 Å². The van der Waals surface area contributed by atoms with Crippen LogP contribution in [0.15, 0.2) is 68.9 Å². The van der Waals surface area contributed by atoms with E-state index in [0.717, 1.165) is 18.7 Å². The van der Waals surface area contributed by atoms with Crippen molar-refractivity contribution in [1.82, 2.24) is 15.0 Å². The molecule has 0 saturated heterocycles. The first-order valence-electron chi connectivity index (χ1n) is 9.82. The Bertz CT molecular complexity index is 1400. The molecule has 2 aromatic carbocycles. The number of hydrogen-bond acceptors (Lipinski definition) is 5.